The maximum atomic E-state index is 12.6. The molecule has 2 aromatic heterocycles. The lowest BCUT2D eigenvalue weighted by Gasteiger charge is -2.08. The number of hydrogen-bond donors (Lipinski definition) is 1. The summed E-state index contributed by atoms with van der Waals surface area (Å²) in [5.74, 6) is 0.0199. The molecule has 160 valence electrons. The summed E-state index contributed by atoms with van der Waals surface area (Å²) in [5.41, 5.74) is 3.60. The normalized spacial score (nSPS) is 10.4. The van der Waals surface area contributed by atoms with E-state index in [9.17, 15) is 9.59 Å². The zero-order chi connectivity index (χ0) is 22.3. The molecule has 1 amide bonds. The van der Waals surface area contributed by atoms with Crippen molar-refractivity contribution in [1.82, 2.24) is 9.97 Å². The number of ether oxygens (including phenoxy) is 2. The van der Waals surface area contributed by atoms with E-state index in [4.69, 9.17) is 9.47 Å². The summed E-state index contributed by atoms with van der Waals surface area (Å²) in [4.78, 5) is 33.0. The van der Waals surface area contributed by atoms with Gasteiger partial charge in [0, 0.05) is 28.4 Å². The van der Waals surface area contributed by atoms with E-state index in [0.29, 0.717) is 17.0 Å². The molecule has 7 nitrogen and oxygen atoms in total. The second-order valence-electron chi connectivity index (χ2n) is 6.60. The first-order valence-corrected chi connectivity index (χ1v) is 10.7. The standard InChI is InChI=1S/C24H19N3O4S/c1-2-30-24(29)31-19-11-9-16(10-12-19)22(28)26-18-7-5-6-17(14-18)21-15-32-23(27-21)20-8-3-4-13-25-20/h3-15H,2H2,1H3,(H,26,28). The lowest BCUT2D eigenvalue weighted by Crippen LogP contribution is -2.12. The third kappa shape index (κ3) is 5.16. The third-order valence-corrected chi connectivity index (χ3v) is 5.25. The van der Waals surface area contributed by atoms with Gasteiger partial charge in [-0.05, 0) is 55.5 Å². The Morgan fingerprint density at radius 1 is 1.00 bits per heavy atom. The number of anilines is 1. The van der Waals surface area contributed by atoms with E-state index in [1.807, 2.05) is 47.8 Å². The first kappa shape index (κ1) is 21.2. The Bertz CT molecular complexity index is 1220. The van der Waals surface area contributed by atoms with Gasteiger partial charge in [0.05, 0.1) is 18.0 Å². The van der Waals surface area contributed by atoms with E-state index in [1.165, 1.54) is 23.5 Å². The van der Waals surface area contributed by atoms with Crippen LogP contribution in [0.25, 0.3) is 22.0 Å². The van der Waals surface area contributed by atoms with Gasteiger partial charge in [-0.1, -0.05) is 18.2 Å². The van der Waals surface area contributed by atoms with Crippen molar-refractivity contribution in [1.29, 1.82) is 0 Å². The highest BCUT2D eigenvalue weighted by molar-refractivity contribution is 7.13. The van der Waals surface area contributed by atoms with Crippen LogP contribution in [0, 0.1) is 0 Å². The van der Waals surface area contributed by atoms with Gasteiger partial charge in [-0.2, -0.15) is 0 Å². The smallest absolute Gasteiger partial charge is 0.434 e. The number of rotatable bonds is 6. The van der Waals surface area contributed by atoms with Gasteiger partial charge in [0.1, 0.15) is 10.8 Å². The van der Waals surface area contributed by atoms with E-state index in [-0.39, 0.29) is 12.5 Å². The zero-order valence-electron chi connectivity index (χ0n) is 17.1. The topological polar surface area (TPSA) is 90.4 Å². The average Bonchev–Trinajstić information content (AvgIpc) is 3.31. The molecule has 4 aromatic rings. The lowest BCUT2D eigenvalue weighted by molar-refractivity contribution is 0.102. The Labute approximate surface area is 188 Å². The largest absolute Gasteiger partial charge is 0.513 e. The number of hydrogen-bond acceptors (Lipinski definition) is 7. The number of nitrogens with zero attached hydrogens (tertiary/aromatic N) is 2. The van der Waals surface area contributed by atoms with Crippen molar-refractivity contribution < 1.29 is 19.1 Å². The molecule has 4 rings (SSSR count). The summed E-state index contributed by atoms with van der Waals surface area (Å²) in [5, 5.41) is 5.68. The molecular formula is C24H19N3O4S. The van der Waals surface area contributed by atoms with Crippen molar-refractivity contribution in [2.24, 2.45) is 0 Å². The van der Waals surface area contributed by atoms with Gasteiger partial charge in [0.2, 0.25) is 0 Å². The molecule has 0 unspecified atom stereocenters. The monoisotopic (exact) mass is 445 g/mol. The van der Waals surface area contributed by atoms with Gasteiger partial charge in [0.25, 0.3) is 5.91 Å². The maximum absolute atomic E-state index is 12.6. The van der Waals surface area contributed by atoms with Crippen molar-refractivity contribution in [2.45, 2.75) is 6.92 Å². The van der Waals surface area contributed by atoms with Crippen LogP contribution in [-0.4, -0.2) is 28.6 Å². The highest BCUT2D eigenvalue weighted by atomic mass is 32.1. The van der Waals surface area contributed by atoms with Crippen LogP contribution in [0.4, 0.5) is 10.5 Å². The second kappa shape index (κ2) is 9.84. The predicted octanol–water partition coefficient (Wildman–Crippen LogP) is 5.66. The Morgan fingerprint density at radius 3 is 2.59 bits per heavy atom. The fraction of sp³-hybridized carbons (Fsp3) is 0.0833. The van der Waals surface area contributed by atoms with Crippen molar-refractivity contribution in [2.75, 3.05) is 11.9 Å². The van der Waals surface area contributed by atoms with Crippen molar-refractivity contribution in [3.8, 4) is 27.7 Å². The van der Waals surface area contributed by atoms with Gasteiger partial charge in [-0.15, -0.1) is 11.3 Å². The summed E-state index contributed by atoms with van der Waals surface area (Å²) in [6.45, 7) is 1.92. The summed E-state index contributed by atoms with van der Waals surface area (Å²) in [6, 6.07) is 19.4. The number of nitrogens with one attached hydrogen (secondary N) is 1. The lowest BCUT2D eigenvalue weighted by atomic mass is 10.1. The molecule has 2 heterocycles. The number of carbonyl (C=O) groups excluding carboxylic acids is 2. The Morgan fingerprint density at radius 2 is 1.84 bits per heavy atom. The third-order valence-electron chi connectivity index (χ3n) is 4.38. The first-order valence-electron chi connectivity index (χ1n) is 9.86. The highest BCUT2D eigenvalue weighted by Crippen LogP contribution is 2.29. The molecule has 0 aliphatic heterocycles. The predicted molar refractivity (Wildman–Crippen MR) is 123 cm³/mol. The van der Waals surface area contributed by atoms with Crippen LogP contribution in [0.1, 0.15) is 17.3 Å². The minimum atomic E-state index is -0.783. The minimum Gasteiger partial charge on any atom is -0.434 e. The van der Waals surface area contributed by atoms with E-state index < -0.39 is 6.16 Å². The summed E-state index contributed by atoms with van der Waals surface area (Å²) in [6.07, 6.45) is 0.956. The molecule has 0 bridgehead atoms. The van der Waals surface area contributed by atoms with Crippen molar-refractivity contribution in [3.63, 3.8) is 0 Å². The maximum Gasteiger partial charge on any atom is 0.513 e. The van der Waals surface area contributed by atoms with Gasteiger partial charge in [0.15, 0.2) is 0 Å². The fourth-order valence-corrected chi connectivity index (χ4v) is 3.70. The minimum absolute atomic E-state index is 0.226. The molecule has 8 heteroatoms. The number of pyridine rings is 1. The molecule has 1 N–H and O–H groups in total. The van der Waals surface area contributed by atoms with Crippen LogP contribution < -0.4 is 10.1 Å². The van der Waals surface area contributed by atoms with E-state index >= 15 is 0 Å². The van der Waals surface area contributed by atoms with Gasteiger partial charge in [-0.3, -0.25) is 9.78 Å². The zero-order valence-corrected chi connectivity index (χ0v) is 18.0. The van der Waals surface area contributed by atoms with Crippen LogP contribution in [0.15, 0.2) is 78.3 Å². The SMILES string of the molecule is CCOC(=O)Oc1ccc(C(=O)Nc2cccc(-c3csc(-c4ccccn4)n3)c2)cc1. The summed E-state index contributed by atoms with van der Waals surface area (Å²) in [7, 11) is 0. The van der Waals surface area contributed by atoms with Crippen molar-refractivity contribution in [3.05, 3.63) is 83.9 Å². The Hall–Kier alpha value is -4.04. The molecule has 0 radical (unpaired) electrons. The molecule has 0 aliphatic carbocycles. The molecule has 0 saturated carbocycles. The van der Waals surface area contributed by atoms with Crippen molar-refractivity contribution >= 4 is 29.1 Å². The van der Waals surface area contributed by atoms with Crippen LogP contribution in [-0.2, 0) is 4.74 Å². The quantitative estimate of drug-likeness (QED) is 0.304. The van der Waals surface area contributed by atoms with Gasteiger partial charge >= 0.3 is 6.16 Å². The Balaban J connectivity index is 1.44. The number of amides is 1. The molecule has 2 aromatic carbocycles. The van der Waals surface area contributed by atoms with Crippen LogP contribution in [0.5, 0.6) is 5.75 Å². The summed E-state index contributed by atoms with van der Waals surface area (Å²) < 4.78 is 9.73. The van der Waals surface area contributed by atoms with Crippen LogP contribution in [0.2, 0.25) is 0 Å². The van der Waals surface area contributed by atoms with E-state index in [0.717, 1.165) is 22.0 Å². The molecule has 0 fully saturated rings. The molecular weight excluding hydrogens is 426 g/mol. The number of carbonyl (C=O) groups is 2. The fourth-order valence-electron chi connectivity index (χ4n) is 2.89. The Kier molecular flexibility index (Phi) is 6.52. The highest BCUT2D eigenvalue weighted by Gasteiger charge is 2.11. The molecule has 0 atom stereocenters. The van der Waals surface area contributed by atoms with Gasteiger partial charge in [-0.25, -0.2) is 9.78 Å². The average molecular weight is 446 g/mol. The first-order chi connectivity index (χ1) is 15.6. The number of benzene rings is 2. The van der Waals surface area contributed by atoms with E-state index in [1.54, 1.807) is 25.3 Å². The van der Waals surface area contributed by atoms with E-state index in [2.05, 4.69) is 15.3 Å². The number of aromatic nitrogens is 2. The summed E-state index contributed by atoms with van der Waals surface area (Å²) >= 11 is 1.52. The van der Waals surface area contributed by atoms with Crippen LogP contribution >= 0.6 is 11.3 Å². The molecule has 0 aliphatic rings. The number of thiazole rings is 1. The van der Waals surface area contributed by atoms with Crippen LogP contribution in [0.3, 0.4) is 0 Å². The molecule has 0 spiro atoms. The second-order valence-corrected chi connectivity index (χ2v) is 7.46. The molecule has 0 saturated heterocycles. The van der Waals surface area contributed by atoms with Gasteiger partial charge < -0.3 is 14.8 Å². The molecule has 32 heavy (non-hydrogen) atoms.